The van der Waals surface area contributed by atoms with Crippen LogP contribution >= 0.6 is 0 Å². The van der Waals surface area contributed by atoms with Crippen LogP contribution in [0.25, 0.3) is 11.4 Å². The zero-order valence-corrected chi connectivity index (χ0v) is 11.4. The van der Waals surface area contributed by atoms with E-state index >= 15 is 0 Å². The van der Waals surface area contributed by atoms with Gasteiger partial charge < -0.3 is 9.47 Å². The molecule has 0 saturated heterocycles. The third kappa shape index (κ3) is 2.69. The van der Waals surface area contributed by atoms with Crippen LogP contribution in [0.2, 0.25) is 0 Å². The van der Waals surface area contributed by atoms with Crippen molar-refractivity contribution in [3.05, 3.63) is 18.2 Å². The Morgan fingerprint density at radius 2 is 2.15 bits per heavy atom. The van der Waals surface area contributed by atoms with E-state index in [1.165, 1.54) is 0 Å². The van der Waals surface area contributed by atoms with E-state index in [2.05, 4.69) is 21.6 Å². The first-order valence-electron chi connectivity index (χ1n) is 6.16. The molecule has 1 heterocycles. The summed E-state index contributed by atoms with van der Waals surface area (Å²) in [6.45, 7) is 0.580. The van der Waals surface area contributed by atoms with E-state index in [0.29, 0.717) is 36.7 Å². The number of nitriles is 1. The molecule has 0 amide bonds. The van der Waals surface area contributed by atoms with Gasteiger partial charge in [-0.15, -0.1) is 5.10 Å². The first-order chi connectivity index (χ1) is 9.81. The maximum atomic E-state index is 8.58. The van der Waals surface area contributed by atoms with Gasteiger partial charge in [-0.25, -0.2) is 4.68 Å². The summed E-state index contributed by atoms with van der Waals surface area (Å²) in [6, 6.07) is 7.64. The smallest absolute Gasteiger partial charge is 0.185 e. The molecule has 20 heavy (non-hydrogen) atoms. The maximum Gasteiger partial charge on any atom is 0.185 e. The summed E-state index contributed by atoms with van der Waals surface area (Å²) in [7, 11) is 3.16. The molecule has 0 bridgehead atoms. The lowest BCUT2D eigenvalue weighted by atomic mass is 10.1. The molecule has 0 aliphatic heterocycles. The van der Waals surface area contributed by atoms with E-state index in [4.69, 9.17) is 14.7 Å². The molecule has 0 fully saturated rings. The Balaban J connectivity index is 2.37. The van der Waals surface area contributed by atoms with Crippen molar-refractivity contribution in [2.24, 2.45) is 0 Å². The molecule has 0 aliphatic carbocycles. The van der Waals surface area contributed by atoms with E-state index < -0.39 is 0 Å². The van der Waals surface area contributed by atoms with Crippen LogP contribution in [0.1, 0.15) is 12.8 Å². The summed E-state index contributed by atoms with van der Waals surface area (Å²) < 4.78 is 12.3. The van der Waals surface area contributed by atoms with Crippen LogP contribution < -0.4 is 9.47 Å². The molecule has 0 aliphatic rings. The second-order valence-electron chi connectivity index (χ2n) is 4.03. The molecular weight excluding hydrogens is 258 g/mol. The summed E-state index contributed by atoms with van der Waals surface area (Å²) in [5.41, 5.74) is 0.758. The Hall–Kier alpha value is -2.62. The molecule has 2 aromatic rings. The van der Waals surface area contributed by atoms with E-state index in [9.17, 15) is 0 Å². The summed E-state index contributed by atoms with van der Waals surface area (Å²) in [5.74, 6) is 1.81. The summed E-state index contributed by atoms with van der Waals surface area (Å²) in [6.07, 6.45) is 1.16. The van der Waals surface area contributed by atoms with Gasteiger partial charge in [0, 0.05) is 13.0 Å². The third-order valence-electron chi connectivity index (χ3n) is 2.83. The number of nitrogens with zero attached hydrogens (tertiary/aromatic N) is 5. The quantitative estimate of drug-likeness (QED) is 0.744. The minimum atomic E-state index is 0.467. The lowest BCUT2D eigenvalue weighted by molar-refractivity contribution is 0.355. The second-order valence-corrected chi connectivity index (χ2v) is 4.03. The SMILES string of the molecule is COc1cccc(-c2nnnn2CCCC#N)c1OC. The highest BCUT2D eigenvalue weighted by molar-refractivity contribution is 5.68. The molecule has 2 rings (SSSR count). The van der Waals surface area contributed by atoms with Crippen molar-refractivity contribution in [1.29, 1.82) is 5.26 Å². The zero-order valence-electron chi connectivity index (χ0n) is 11.4. The van der Waals surface area contributed by atoms with Crippen molar-refractivity contribution in [3.8, 4) is 29.0 Å². The first-order valence-corrected chi connectivity index (χ1v) is 6.16. The van der Waals surface area contributed by atoms with Crippen LogP contribution in [0.5, 0.6) is 11.5 Å². The van der Waals surface area contributed by atoms with Gasteiger partial charge in [0.2, 0.25) is 0 Å². The fourth-order valence-corrected chi connectivity index (χ4v) is 1.92. The normalized spacial score (nSPS) is 10.1. The van der Waals surface area contributed by atoms with Crippen molar-refractivity contribution in [1.82, 2.24) is 20.2 Å². The average Bonchev–Trinajstić information content (AvgIpc) is 2.94. The zero-order chi connectivity index (χ0) is 14.4. The fraction of sp³-hybridized carbons (Fsp3) is 0.385. The summed E-state index contributed by atoms with van der Waals surface area (Å²) >= 11 is 0. The maximum absolute atomic E-state index is 8.58. The standard InChI is InChI=1S/C13H15N5O2/c1-19-11-7-5-6-10(12(11)20-2)13-15-16-17-18(13)9-4-3-8-14/h5-7H,3-4,9H2,1-2H3. The van der Waals surface area contributed by atoms with E-state index in [1.807, 2.05) is 18.2 Å². The molecule has 1 aromatic carbocycles. The third-order valence-corrected chi connectivity index (χ3v) is 2.83. The van der Waals surface area contributed by atoms with E-state index in [1.54, 1.807) is 18.9 Å². The lowest BCUT2D eigenvalue weighted by Crippen LogP contribution is -2.04. The molecule has 7 heteroatoms. The van der Waals surface area contributed by atoms with Crippen LogP contribution in [0.4, 0.5) is 0 Å². The number of para-hydroxylation sites is 1. The minimum Gasteiger partial charge on any atom is -0.493 e. The van der Waals surface area contributed by atoms with Gasteiger partial charge in [-0.05, 0) is 29.0 Å². The summed E-state index contributed by atoms with van der Waals surface area (Å²) in [5, 5.41) is 20.3. The number of aromatic nitrogens is 4. The monoisotopic (exact) mass is 273 g/mol. The fourth-order valence-electron chi connectivity index (χ4n) is 1.92. The Morgan fingerprint density at radius 1 is 1.30 bits per heavy atom. The number of aryl methyl sites for hydroxylation is 1. The van der Waals surface area contributed by atoms with Crippen LogP contribution in [0, 0.1) is 11.3 Å². The lowest BCUT2D eigenvalue weighted by Gasteiger charge is -2.12. The molecular formula is C13H15N5O2. The predicted octanol–water partition coefficient (Wildman–Crippen LogP) is 1.66. The van der Waals surface area contributed by atoms with Crippen LogP contribution in [-0.2, 0) is 6.54 Å². The highest BCUT2D eigenvalue weighted by Gasteiger charge is 2.17. The van der Waals surface area contributed by atoms with Gasteiger partial charge in [0.15, 0.2) is 17.3 Å². The number of rotatable bonds is 6. The minimum absolute atomic E-state index is 0.467. The largest absolute Gasteiger partial charge is 0.493 e. The first kappa shape index (κ1) is 13.8. The topological polar surface area (TPSA) is 85.9 Å². The Bertz CT molecular complexity index is 617. The molecule has 0 N–H and O–H groups in total. The van der Waals surface area contributed by atoms with Gasteiger partial charge in [-0.2, -0.15) is 5.26 Å². The molecule has 104 valence electrons. The number of unbranched alkanes of at least 4 members (excludes halogenated alkanes) is 1. The van der Waals surface area contributed by atoms with Crippen molar-refractivity contribution in [3.63, 3.8) is 0 Å². The predicted molar refractivity (Wildman–Crippen MR) is 71.2 cm³/mol. The number of ether oxygens (including phenoxy) is 2. The van der Waals surface area contributed by atoms with Crippen molar-refractivity contribution in [2.75, 3.05) is 14.2 Å². The van der Waals surface area contributed by atoms with Gasteiger partial charge in [-0.1, -0.05) is 6.07 Å². The summed E-state index contributed by atoms with van der Waals surface area (Å²) in [4.78, 5) is 0. The van der Waals surface area contributed by atoms with Crippen LogP contribution in [0.3, 0.4) is 0 Å². The van der Waals surface area contributed by atoms with Crippen molar-refractivity contribution >= 4 is 0 Å². The number of benzene rings is 1. The van der Waals surface area contributed by atoms with Crippen molar-refractivity contribution in [2.45, 2.75) is 19.4 Å². The van der Waals surface area contributed by atoms with Gasteiger partial charge in [0.25, 0.3) is 0 Å². The molecule has 0 unspecified atom stereocenters. The van der Waals surface area contributed by atoms with Gasteiger partial charge in [-0.3, -0.25) is 0 Å². The molecule has 0 spiro atoms. The highest BCUT2D eigenvalue weighted by atomic mass is 16.5. The Morgan fingerprint density at radius 3 is 2.85 bits per heavy atom. The Labute approximate surface area is 116 Å². The van der Waals surface area contributed by atoms with E-state index in [-0.39, 0.29) is 0 Å². The van der Waals surface area contributed by atoms with Gasteiger partial charge in [0.1, 0.15) is 0 Å². The van der Waals surface area contributed by atoms with Gasteiger partial charge in [0.05, 0.1) is 25.9 Å². The number of methoxy groups -OCH3 is 2. The van der Waals surface area contributed by atoms with Crippen molar-refractivity contribution < 1.29 is 9.47 Å². The van der Waals surface area contributed by atoms with E-state index in [0.717, 1.165) is 5.56 Å². The molecule has 1 aromatic heterocycles. The number of hydrogen-bond acceptors (Lipinski definition) is 6. The number of hydrogen-bond donors (Lipinski definition) is 0. The molecule has 0 atom stereocenters. The average molecular weight is 273 g/mol. The van der Waals surface area contributed by atoms with Gasteiger partial charge >= 0.3 is 0 Å². The highest BCUT2D eigenvalue weighted by Crippen LogP contribution is 2.36. The molecule has 0 radical (unpaired) electrons. The number of tetrazole rings is 1. The van der Waals surface area contributed by atoms with Crippen LogP contribution in [-0.4, -0.2) is 34.4 Å². The van der Waals surface area contributed by atoms with Crippen LogP contribution in [0.15, 0.2) is 18.2 Å². The molecule has 0 saturated carbocycles. The Kier molecular flexibility index (Phi) is 4.50. The molecule has 7 nitrogen and oxygen atoms in total. The second kappa shape index (κ2) is 6.52.